The van der Waals surface area contributed by atoms with Crippen LogP contribution in [0.25, 0.3) is 0 Å². The molecule has 1 saturated heterocycles. The molecule has 0 bridgehead atoms. The first-order valence-electron chi connectivity index (χ1n) is 11.3. The van der Waals surface area contributed by atoms with E-state index in [2.05, 4.69) is 21.2 Å². The summed E-state index contributed by atoms with van der Waals surface area (Å²) in [6.07, 6.45) is 6.72. The highest BCUT2D eigenvalue weighted by Gasteiger charge is 2.23. The number of thiophene rings is 1. The minimum Gasteiger partial charge on any atom is -0.315 e. The average molecular weight is 491 g/mol. The third kappa shape index (κ3) is 5.84. The molecule has 2 heterocycles. The van der Waals surface area contributed by atoms with E-state index in [4.69, 9.17) is 23.2 Å². The van der Waals surface area contributed by atoms with Gasteiger partial charge in [-0.05, 0) is 48.9 Å². The van der Waals surface area contributed by atoms with Gasteiger partial charge < -0.3 is 5.32 Å². The van der Waals surface area contributed by atoms with Gasteiger partial charge in [0.1, 0.15) is 11.1 Å². The first kappa shape index (κ1) is 23.5. The molecule has 0 atom stereocenters. The second kappa shape index (κ2) is 11.0. The molecule has 1 aliphatic heterocycles. The Morgan fingerprint density at radius 1 is 1.06 bits per heavy atom. The number of anilines is 1. The van der Waals surface area contributed by atoms with Crippen molar-refractivity contribution >= 4 is 45.4 Å². The Kier molecular flexibility index (Phi) is 8.09. The molecular formula is C24H28Cl2N4OS. The number of carbonyl (C=O) groups is 1. The molecule has 1 N–H and O–H groups in total. The van der Waals surface area contributed by atoms with Crippen LogP contribution in [0.15, 0.2) is 18.2 Å². The van der Waals surface area contributed by atoms with E-state index in [1.807, 2.05) is 12.1 Å². The van der Waals surface area contributed by atoms with Crippen molar-refractivity contribution in [1.29, 1.82) is 5.26 Å². The molecule has 0 spiro atoms. The average Bonchev–Trinajstić information content (AvgIpc) is 3.06. The van der Waals surface area contributed by atoms with Crippen molar-refractivity contribution in [3.8, 4) is 6.07 Å². The summed E-state index contributed by atoms with van der Waals surface area (Å²) in [6, 6.07) is 7.97. The Morgan fingerprint density at radius 3 is 2.50 bits per heavy atom. The third-order valence-corrected chi connectivity index (χ3v) is 8.07. The fraction of sp³-hybridized carbons (Fsp3) is 0.500. The summed E-state index contributed by atoms with van der Waals surface area (Å²) in [5, 5.41) is 14.8. The number of carbonyl (C=O) groups excluding carboxylic acids is 1. The van der Waals surface area contributed by atoms with Crippen molar-refractivity contribution in [2.75, 3.05) is 38.0 Å². The molecule has 32 heavy (non-hydrogen) atoms. The van der Waals surface area contributed by atoms with E-state index in [0.29, 0.717) is 22.2 Å². The quantitative estimate of drug-likeness (QED) is 0.613. The molecule has 1 aromatic heterocycles. The van der Waals surface area contributed by atoms with Gasteiger partial charge in [0.05, 0.1) is 12.1 Å². The number of nitrogens with zero attached hydrogens (tertiary/aromatic N) is 3. The van der Waals surface area contributed by atoms with Crippen molar-refractivity contribution < 1.29 is 4.79 Å². The Morgan fingerprint density at radius 2 is 1.78 bits per heavy atom. The fourth-order valence-corrected chi connectivity index (χ4v) is 6.22. The minimum absolute atomic E-state index is 0.0371. The van der Waals surface area contributed by atoms with Crippen molar-refractivity contribution in [3.63, 3.8) is 0 Å². The van der Waals surface area contributed by atoms with Crippen LogP contribution in [0.4, 0.5) is 5.00 Å². The van der Waals surface area contributed by atoms with E-state index in [0.717, 1.165) is 69.0 Å². The normalized spacial score (nSPS) is 17.8. The smallest absolute Gasteiger partial charge is 0.239 e. The number of fused-ring (bicyclic) bond motifs is 1. The van der Waals surface area contributed by atoms with Crippen molar-refractivity contribution in [1.82, 2.24) is 9.80 Å². The zero-order valence-electron chi connectivity index (χ0n) is 18.1. The Hall–Kier alpha value is -1.62. The van der Waals surface area contributed by atoms with Crippen molar-refractivity contribution in [2.24, 2.45) is 0 Å². The number of hydrogen-bond acceptors (Lipinski definition) is 5. The van der Waals surface area contributed by atoms with Crippen LogP contribution in [0.1, 0.15) is 47.3 Å². The first-order valence-corrected chi connectivity index (χ1v) is 12.8. The number of rotatable bonds is 5. The van der Waals surface area contributed by atoms with E-state index >= 15 is 0 Å². The van der Waals surface area contributed by atoms with Gasteiger partial charge in [-0.2, -0.15) is 5.26 Å². The third-order valence-electron chi connectivity index (χ3n) is 6.28. The lowest BCUT2D eigenvalue weighted by Gasteiger charge is -2.34. The first-order chi connectivity index (χ1) is 15.5. The number of benzene rings is 1. The zero-order valence-corrected chi connectivity index (χ0v) is 20.5. The van der Waals surface area contributed by atoms with E-state index < -0.39 is 0 Å². The van der Waals surface area contributed by atoms with Gasteiger partial charge in [-0.15, -0.1) is 11.3 Å². The van der Waals surface area contributed by atoms with Gasteiger partial charge in [0, 0.05) is 47.6 Å². The zero-order chi connectivity index (χ0) is 22.5. The van der Waals surface area contributed by atoms with Crippen molar-refractivity contribution in [3.05, 3.63) is 49.8 Å². The lowest BCUT2D eigenvalue weighted by molar-refractivity contribution is -0.117. The number of halogens is 2. The molecular weight excluding hydrogens is 463 g/mol. The summed E-state index contributed by atoms with van der Waals surface area (Å²) in [5.74, 6) is -0.0371. The highest BCUT2D eigenvalue weighted by molar-refractivity contribution is 7.16. The monoisotopic (exact) mass is 490 g/mol. The summed E-state index contributed by atoms with van der Waals surface area (Å²) in [4.78, 5) is 18.5. The van der Waals surface area contributed by atoms with Gasteiger partial charge in [-0.3, -0.25) is 14.6 Å². The predicted octanol–water partition coefficient (Wildman–Crippen LogP) is 5.34. The van der Waals surface area contributed by atoms with Crippen LogP contribution in [-0.2, 0) is 24.2 Å². The van der Waals surface area contributed by atoms with Crippen LogP contribution in [0.2, 0.25) is 10.0 Å². The van der Waals surface area contributed by atoms with Crippen LogP contribution >= 0.6 is 34.5 Å². The van der Waals surface area contributed by atoms with E-state index in [-0.39, 0.29) is 5.91 Å². The molecule has 0 radical (unpaired) electrons. The molecule has 1 aromatic carbocycles. The van der Waals surface area contributed by atoms with Gasteiger partial charge >= 0.3 is 0 Å². The number of hydrogen-bond donors (Lipinski definition) is 1. The van der Waals surface area contributed by atoms with Gasteiger partial charge in [0.25, 0.3) is 0 Å². The number of nitrogens with one attached hydrogen (secondary N) is 1. The number of piperazine rings is 1. The molecule has 2 aliphatic rings. The Labute approximate surface area is 203 Å². The van der Waals surface area contributed by atoms with Gasteiger partial charge in [0.15, 0.2) is 0 Å². The molecule has 8 heteroatoms. The molecule has 1 amide bonds. The molecule has 170 valence electrons. The summed E-state index contributed by atoms with van der Waals surface area (Å²) in [5.41, 5.74) is 2.92. The Bertz CT molecular complexity index is 1010. The van der Waals surface area contributed by atoms with E-state index in [1.165, 1.54) is 23.3 Å². The maximum atomic E-state index is 12.7. The molecule has 2 aromatic rings. The predicted molar refractivity (Wildman–Crippen MR) is 132 cm³/mol. The fourth-order valence-electron chi connectivity index (χ4n) is 4.49. The van der Waals surface area contributed by atoms with Gasteiger partial charge in [0.2, 0.25) is 5.91 Å². The summed E-state index contributed by atoms with van der Waals surface area (Å²) in [7, 11) is 0. The maximum Gasteiger partial charge on any atom is 0.239 e. The molecule has 0 unspecified atom stereocenters. The van der Waals surface area contributed by atoms with Crippen molar-refractivity contribution in [2.45, 2.75) is 45.1 Å². The largest absolute Gasteiger partial charge is 0.315 e. The highest BCUT2D eigenvalue weighted by Crippen LogP contribution is 2.36. The van der Waals surface area contributed by atoms with E-state index in [9.17, 15) is 10.1 Å². The van der Waals surface area contributed by atoms with Crippen LogP contribution in [0, 0.1) is 11.3 Å². The van der Waals surface area contributed by atoms with Gasteiger partial charge in [-0.25, -0.2) is 0 Å². The summed E-state index contributed by atoms with van der Waals surface area (Å²) >= 11 is 13.9. The number of nitriles is 1. The minimum atomic E-state index is -0.0371. The van der Waals surface area contributed by atoms with Crippen LogP contribution in [0.3, 0.4) is 0 Å². The highest BCUT2D eigenvalue weighted by atomic mass is 35.5. The SMILES string of the molecule is N#Cc1c(NC(=O)CN2CCN(Cc3ccc(Cl)cc3Cl)CC2)sc2c1CCCCCC2. The second-order valence-corrected chi connectivity index (χ2v) is 10.5. The Balaban J connectivity index is 1.30. The molecule has 5 nitrogen and oxygen atoms in total. The molecule has 1 fully saturated rings. The van der Waals surface area contributed by atoms with Crippen LogP contribution in [-0.4, -0.2) is 48.4 Å². The molecule has 4 rings (SSSR count). The maximum absolute atomic E-state index is 12.7. The van der Waals surface area contributed by atoms with Gasteiger partial charge in [-0.1, -0.05) is 42.1 Å². The number of aryl methyl sites for hydroxylation is 1. The summed E-state index contributed by atoms with van der Waals surface area (Å²) < 4.78 is 0. The van der Waals surface area contributed by atoms with Crippen LogP contribution in [0.5, 0.6) is 0 Å². The second-order valence-electron chi connectivity index (χ2n) is 8.57. The summed E-state index contributed by atoms with van der Waals surface area (Å²) in [6.45, 7) is 4.53. The molecule has 1 aliphatic carbocycles. The topological polar surface area (TPSA) is 59.4 Å². The lowest BCUT2D eigenvalue weighted by Crippen LogP contribution is -2.48. The van der Waals surface area contributed by atoms with E-state index in [1.54, 1.807) is 17.4 Å². The standard InChI is InChI=1S/C24H28Cl2N4OS/c25-18-8-7-17(21(26)13-18)15-29-9-11-30(12-10-29)16-23(31)28-24-20(14-27)19-5-3-1-2-4-6-22(19)32-24/h7-8,13H,1-6,9-12,15-16H2,(H,28,31). The molecule has 0 saturated carbocycles. The van der Waals surface area contributed by atoms with Crippen LogP contribution < -0.4 is 5.32 Å². The number of amides is 1. The lowest BCUT2D eigenvalue weighted by atomic mass is 9.97.